The van der Waals surface area contributed by atoms with Crippen molar-refractivity contribution >= 4 is 21.4 Å². The second-order valence-corrected chi connectivity index (χ2v) is 7.47. The van der Waals surface area contributed by atoms with E-state index in [4.69, 9.17) is 4.74 Å². The number of thiophene rings is 1. The lowest BCUT2D eigenvalue weighted by Crippen LogP contribution is -2.35. The van der Waals surface area contributed by atoms with Gasteiger partial charge in [-0.1, -0.05) is 13.8 Å². The van der Waals surface area contributed by atoms with Crippen LogP contribution in [0.25, 0.3) is 0 Å². The van der Waals surface area contributed by atoms with E-state index >= 15 is 0 Å². The average molecular weight is 306 g/mol. The minimum atomic E-state index is -3.45. The molecule has 0 saturated carbocycles. The molecule has 1 atom stereocenters. The molecule has 7 heteroatoms. The van der Waals surface area contributed by atoms with Gasteiger partial charge in [0.2, 0.25) is 10.0 Å². The Kier molecular flexibility index (Phi) is 6.41. The van der Waals surface area contributed by atoms with Crippen molar-refractivity contribution in [2.45, 2.75) is 44.3 Å². The van der Waals surface area contributed by atoms with Crippen LogP contribution in [0, 0.1) is 0 Å². The number of sulfonamides is 1. The largest absolute Gasteiger partial charge is 0.383 e. The van der Waals surface area contributed by atoms with Crippen LogP contribution in [-0.2, 0) is 21.3 Å². The standard InChI is InChI=1S/C12H22N2O3S2/c1-9(2)13-6-11-5-12(8-18-11)19(15,16)14-10(3)7-17-4/h5,8-10,13-14H,6-7H2,1-4H3. The molecule has 1 unspecified atom stereocenters. The summed E-state index contributed by atoms with van der Waals surface area (Å²) >= 11 is 1.45. The summed E-state index contributed by atoms with van der Waals surface area (Å²) in [6, 6.07) is 1.84. The van der Waals surface area contributed by atoms with E-state index in [-0.39, 0.29) is 6.04 Å². The Bertz CT molecular complexity index is 483. The van der Waals surface area contributed by atoms with Gasteiger partial charge in [-0.15, -0.1) is 11.3 Å². The lowest BCUT2D eigenvalue weighted by Gasteiger charge is -2.12. The molecule has 0 aliphatic heterocycles. The highest BCUT2D eigenvalue weighted by atomic mass is 32.2. The fourth-order valence-corrected chi connectivity index (χ4v) is 3.97. The van der Waals surface area contributed by atoms with Gasteiger partial charge in [-0.2, -0.15) is 0 Å². The molecule has 110 valence electrons. The molecule has 0 aromatic carbocycles. The summed E-state index contributed by atoms with van der Waals surface area (Å²) in [5.74, 6) is 0. The van der Waals surface area contributed by atoms with Crippen LogP contribution in [0.4, 0.5) is 0 Å². The topological polar surface area (TPSA) is 67.4 Å². The Hall–Kier alpha value is -0.470. The molecule has 2 N–H and O–H groups in total. The number of rotatable bonds is 8. The molecule has 1 aromatic rings. The fraction of sp³-hybridized carbons (Fsp3) is 0.667. The molecule has 0 aliphatic rings. The predicted molar refractivity (Wildman–Crippen MR) is 78.0 cm³/mol. The van der Waals surface area contributed by atoms with Crippen molar-refractivity contribution in [2.24, 2.45) is 0 Å². The average Bonchev–Trinajstić information content (AvgIpc) is 2.75. The van der Waals surface area contributed by atoms with Gasteiger partial charge in [-0.3, -0.25) is 0 Å². The highest BCUT2D eigenvalue weighted by Gasteiger charge is 2.18. The van der Waals surface area contributed by atoms with Crippen molar-refractivity contribution in [3.05, 3.63) is 16.3 Å². The minimum absolute atomic E-state index is 0.243. The first-order chi connectivity index (χ1) is 8.85. The van der Waals surface area contributed by atoms with Gasteiger partial charge in [0.1, 0.15) is 0 Å². The minimum Gasteiger partial charge on any atom is -0.383 e. The van der Waals surface area contributed by atoms with Gasteiger partial charge in [0.15, 0.2) is 0 Å². The second-order valence-electron chi connectivity index (χ2n) is 4.76. The van der Waals surface area contributed by atoms with E-state index in [9.17, 15) is 8.42 Å². The Balaban J connectivity index is 2.68. The third kappa shape index (κ3) is 5.58. The second kappa shape index (κ2) is 7.35. The molecular formula is C12H22N2O3S2. The molecular weight excluding hydrogens is 284 g/mol. The summed E-state index contributed by atoms with van der Waals surface area (Å²) in [6.07, 6.45) is 0. The normalized spacial score (nSPS) is 13.9. The van der Waals surface area contributed by atoms with E-state index < -0.39 is 10.0 Å². The van der Waals surface area contributed by atoms with Crippen molar-refractivity contribution in [2.75, 3.05) is 13.7 Å². The van der Waals surface area contributed by atoms with E-state index in [1.807, 2.05) is 0 Å². The Morgan fingerprint density at radius 3 is 2.63 bits per heavy atom. The third-order valence-corrected chi connectivity index (χ3v) is 5.05. The first kappa shape index (κ1) is 16.6. The molecule has 19 heavy (non-hydrogen) atoms. The molecule has 0 bridgehead atoms. The van der Waals surface area contributed by atoms with E-state index in [0.717, 1.165) is 4.88 Å². The molecule has 0 fully saturated rings. The quantitative estimate of drug-likeness (QED) is 0.765. The lowest BCUT2D eigenvalue weighted by molar-refractivity contribution is 0.180. The summed E-state index contributed by atoms with van der Waals surface area (Å²) in [4.78, 5) is 1.33. The molecule has 0 radical (unpaired) electrons. The Morgan fingerprint density at radius 2 is 2.05 bits per heavy atom. The smallest absolute Gasteiger partial charge is 0.241 e. The molecule has 0 spiro atoms. The Morgan fingerprint density at radius 1 is 1.37 bits per heavy atom. The maximum atomic E-state index is 12.1. The number of nitrogens with one attached hydrogen (secondary N) is 2. The monoisotopic (exact) mass is 306 g/mol. The Labute approximate surface area is 119 Å². The number of hydrogen-bond acceptors (Lipinski definition) is 5. The van der Waals surface area contributed by atoms with Gasteiger partial charge in [0.05, 0.1) is 11.5 Å². The highest BCUT2D eigenvalue weighted by Crippen LogP contribution is 2.19. The first-order valence-corrected chi connectivity index (χ1v) is 8.53. The molecule has 1 aromatic heterocycles. The van der Waals surface area contributed by atoms with Crippen molar-refractivity contribution < 1.29 is 13.2 Å². The first-order valence-electron chi connectivity index (χ1n) is 6.17. The summed E-state index contributed by atoms with van der Waals surface area (Å²) in [5, 5.41) is 4.93. The van der Waals surface area contributed by atoms with Gasteiger partial charge in [0, 0.05) is 36.0 Å². The predicted octanol–water partition coefficient (Wildman–Crippen LogP) is 1.56. The van der Waals surface area contributed by atoms with Gasteiger partial charge in [0.25, 0.3) is 0 Å². The summed E-state index contributed by atoms with van der Waals surface area (Å²) < 4.78 is 31.7. The maximum Gasteiger partial charge on any atom is 0.241 e. The highest BCUT2D eigenvalue weighted by molar-refractivity contribution is 7.89. The van der Waals surface area contributed by atoms with Crippen LogP contribution >= 0.6 is 11.3 Å². The molecule has 0 saturated heterocycles. The van der Waals surface area contributed by atoms with Gasteiger partial charge >= 0.3 is 0 Å². The van der Waals surface area contributed by atoms with Crippen LogP contribution in [0.15, 0.2) is 16.3 Å². The summed E-state index contributed by atoms with van der Waals surface area (Å²) in [6.45, 7) is 6.92. The SMILES string of the molecule is COCC(C)NS(=O)(=O)c1csc(CNC(C)C)c1. The summed E-state index contributed by atoms with van der Waals surface area (Å²) in [5.41, 5.74) is 0. The van der Waals surface area contributed by atoms with Crippen LogP contribution in [0.2, 0.25) is 0 Å². The van der Waals surface area contributed by atoms with Crippen LogP contribution in [0.5, 0.6) is 0 Å². The van der Waals surface area contributed by atoms with Gasteiger partial charge < -0.3 is 10.1 Å². The number of hydrogen-bond donors (Lipinski definition) is 2. The van der Waals surface area contributed by atoms with Crippen LogP contribution in [0.3, 0.4) is 0 Å². The zero-order valence-corrected chi connectivity index (χ0v) is 13.4. The zero-order valence-electron chi connectivity index (χ0n) is 11.8. The maximum absolute atomic E-state index is 12.1. The third-order valence-electron chi connectivity index (χ3n) is 2.40. The van der Waals surface area contributed by atoms with Gasteiger partial charge in [-0.05, 0) is 13.0 Å². The molecule has 0 aliphatic carbocycles. The molecule has 1 rings (SSSR count). The lowest BCUT2D eigenvalue weighted by atomic mass is 10.4. The van der Waals surface area contributed by atoms with Crippen molar-refractivity contribution in [1.29, 1.82) is 0 Å². The summed E-state index contributed by atoms with van der Waals surface area (Å²) in [7, 11) is -1.90. The zero-order chi connectivity index (χ0) is 14.5. The van der Waals surface area contributed by atoms with E-state index in [1.54, 1.807) is 25.5 Å². The van der Waals surface area contributed by atoms with Crippen LogP contribution < -0.4 is 10.0 Å². The van der Waals surface area contributed by atoms with E-state index in [1.165, 1.54) is 11.3 Å². The van der Waals surface area contributed by atoms with E-state index in [2.05, 4.69) is 23.9 Å². The van der Waals surface area contributed by atoms with Gasteiger partial charge in [-0.25, -0.2) is 13.1 Å². The molecule has 0 amide bonds. The number of methoxy groups -OCH3 is 1. The van der Waals surface area contributed by atoms with Crippen LogP contribution in [0.1, 0.15) is 25.6 Å². The fourth-order valence-electron chi connectivity index (χ4n) is 1.52. The van der Waals surface area contributed by atoms with Crippen molar-refractivity contribution in [3.8, 4) is 0 Å². The van der Waals surface area contributed by atoms with Crippen molar-refractivity contribution in [3.63, 3.8) is 0 Å². The van der Waals surface area contributed by atoms with Crippen LogP contribution in [-0.4, -0.2) is 34.2 Å². The molecule has 1 heterocycles. The number of ether oxygens (including phenoxy) is 1. The molecule has 5 nitrogen and oxygen atoms in total. The van der Waals surface area contributed by atoms with E-state index in [0.29, 0.717) is 24.1 Å². The van der Waals surface area contributed by atoms with Crippen molar-refractivity contribution in [1.82, 2.24) is 10.0 Å².